The van der Waals surface area contributed by atoms with E-state index in [2.05, 4.69) is 4.98 Å². The molecule has 2 atom stereocenters. The zero-order valence-electron chi connectivity index (χ0n) is 13.5. The summed E-state index contributed by atoms with van der Waals surface area (Å²) in [5.74, 6) is 1.23. The molecule has 1 N–H and O–H groups in total. The summed E-state index contributed by atoms with van der Waals surface area (Å²) in [6.45, 7) is 4.38. The first-order valence-electron chi connectivity index (χ1n) is 7.76. The second-order valence-corrected chi connectivity index (χ2v) is 6.21. The molecule has 0 radical (unpaired) electrons. The molecule has 1 aromatic carbocycles. The predicted octanol–water partition coefficient (Wildman–Crippen LogP) is 3.62. The number of benzene rings is 1. The van der Waals surface area contributed by atoms with E-state index in [1.165, 1.54) is 6.07 Å². The molecule has 0 unspecified atom stereocenters. The minimum atomic E-state index is -4.38. The first-order chi connectivity index (χ1) is 11.2. The number of hydrogen-bond donors (Lipinski definition) is 1. The molecule has 0 spiro atoms. The molecule has 1 aromatic heterocycles. The van der Waals surface area contributed by atoms with Crippen molar-refractivity contribution in [2.24, 2.45) is 0 Å². The molecule has 1 aliphatic rings. The Kier molecular flexibility index (Phi) is 4.40. The van der Waals surface area contributed by atoms with Crippen LogP contribution in [0.3, 0.4) is 0 Å². The normalized spacial score (nSPS) is 22.2. The molecule has 1 aliphatic heterocycles. The van der Waals surface area contributed by atoms with Crippen LogP contribution < -0.4 is 0 Å². The van der Waals surface area contributed by atoms with E-state index in [0.29, 0.717) is 31.0 Å². The number of hydrogen-bond acceptors (Lipinski definition) is 4. The van der Waals surface area contributed by atoms with Gasteiger partial charge >= 0.3 is 6.18 Å². The molecule has 0 aliphatic carbocycles. The molecular formula is C17H19F3N2O2. The summed E-state index contributed by atoms with van der Waals surface area (Å²) < 4.78 is 44.4. The number of aryl methyl sites for hydroxylation is 2. The van der Waals surface area contributed by atoms with Crippen LogP contribution in [-0.4, -0.2) is 27.6 Å². The molecule has 7 heteroatoms. The average Bonchev–Trinajstić information content (AvgIpc) is 3.01. The van der Waals surface area contributed by atoms with Crippen molar-refractivity contribution in [1.82, 2.24) is 9.88 Å². The van der Waals surface area contributed by atoms with E-state index in [0.717, 1.165) is 23.6 Å². The Bertz CT molecular complexity index is 707. The fraction of sp³-hybridized carbons (Fsp3) is 0.471. The summed E-state index contributed by atoms with van der Waals surface area (Å²) in [7, 11) is 0. The van der Waals surface area contributed by atoms with Gasteiger partial charge in [-0.1, -0.05) is 12.1 Å². The van der Waals surface area contributed by atoms with Crippen LogP contribution in [0.2, 0.25) is 0 Å². The van der Waals surface area contributed by atoms with Crippen LogP contribution in [-0.2, 0) is 12.7 Å². The van der Waals surface area contributed by atoms with E-state index in [-0.39, 0.29) is 6.04 Å². The Hall–Kier alpha value is -1.86. The van der Waals surface area contributed by atoms with Crippen molar-refractivity contribution in [3.8, 4) is 0 Å². The van der Waals surface area contributed by atoms with Gasteiger partial charge in [-0.3, -0.25) is 4.90 Å². The molecule has 0 saturated carbocycles. The second-order valence-electron chi connectivity index (χ2n) is 6.21. The number of nitrogens with zero attached hydrogens (tertiary/aromatic N) is 2. The van der Waals surface area contributed by atoms with Crippen LogP contribution >= 0.6 is 0 Å². The molecule has 1 saturated heterocycles. The first-order valence-corrected chi connectivity index (χ1v) is 7.76. The highest BCUT2D eigenvalue weighted by molar-refractivity contribution is 5.29. The van der Waals surface area contributed by atoms with Crippen molar-refractivity contribution in [1.29, 1.82) is 0 Å². The van der Waals surface area contributed by atoms with Gasteiger partial charge in [0.1, 0.15) is 5.76 Å². The maximum absolute atomic E-state index is 12.9. The van der Waals surface area contributed by atoms with Crippen LogP contribution in [0.25, 0.3) is 0 Å². The monoisotopic (exact) mass is 340 g/mol. The molecule has 3 rings (SSSR count). The molecule has 2 aromatic rings. The maximum atomic E-state index is 12.9. The van der Waals surface area contributed by atoms with Gasteiger partial charge in [-0.25, -0.2) is 4.98 Å². The third kappa shape index (κ3) is 3.47. The lowest BCUT2D eigenvalue weighted by atomic mass is 10.0. The molecular weight excluding hydrogens is 321 g/mol. The predicted molar refractivity (Wildman–Crippen MR) is 81.2 cm³/mol. The van der Waals surface area contributed by atoms with Crippen molar-refractivity contribution < 1.29 is 22.7 Å². The fourth-order valence-corrected chi connectivity index (χ4v) is 3.10. The topological polar surface area (TPSA) is 49.5 Å². The first kappa shape index (κ1) is 17.0. The Morgan fingerprint density at radius 1 is 1.33 bits per heavy atom. The molecule has 2 heterocycles. The van der Waals surface area contributed by atoms with E-state index in [1.54, 1.807) is 6.07 Å². The number of likely N-dealkylation sites (tertiary alicyclic amines) is 1. The Labute approximate surface area is 137 Å². The summed E-state index contributed by atoms with van der Waals surface area (Å²) in [4.78, 5) is 6.22. The van der Waals surface area contributed by atoms with Gasteiger partial charge in [0.15, 0.2) is 0 Å². The number of alkyl halides is 3. The second kappa shape index (κ2) is 6.22. The number of aliphatic hydroxyl groups excluding tert-OH is 1. The summed E-state index contributed by atoms with van der Waals surface area (Å²) in [5, 5.41) is 9.98. The van der Waals surface area contributed by atoms with E-state index in [4.69, 9.17) is 4.42 Å². The van der Waals surface area contributed by atoms with E-state index in [1.807, 2.05) is 18.7 Å². The molecule has 4 nitrogen and oxygen atoms in total. The third-order valence-electron chi connectivity index (χ3n) is 4.39. The van der Waals surface area contributed by atoms with E-state index in [9.17, 15) is 18.3 Å². The number of aliphatic hydroxyl groups is 1. The van der Waals surface area contributed by atoms with Crippen LogP contribution in [0.4, 0.5) is 13.2 Å². The van der Waals surface area contributed by atoms with Crippen molar-refractivity contribution >= 4 is 0 Å². The van der Waals surface area contributed by atoms with Crippen molar-refractivity contribution in [2.45, 2.75) is 45.1 Å². The Morgan fingerprint density at radius 3 is 2.71 bits per heavy atom. The largest absolute Gasteiger partial charge is 0.444 e. The Morgan fingerprint density at radius 2 is 2.08 bits per heavy atom. The van der Waals surface area contributed by atoms with Crippen LogP contribution in [0, 0.1) is 13.8 Å². The van der Waals surface area contributed by atoms with Crippen LogP contribution in [0.15, 0.2) is 28.7 Å². The zero-order chi connectivity index (χ0) is 17.5. The number of aromatic nitrogens is 1. The quantitative estimate of drug-likeness (QED) is 0.927. The van der Waals surface area contributed by atoms with Gasteiger partial charge in [0.2, 0.25) is 5.89 Å². The molecule has 130 valence electrons. The number of β-amino-alcohol motifs (C(OH)–C–C–N with tert-alkyl or cyclic N) is 1. The van der Waals surface area contributed by atoms with Gasteiger partial charge in [-0.15, -0.1) is 0 Å². The standard InChI is InChI=1S/C17H19F3N2O2/c1-10-11(2)24-16(21-10)9-22-8-14(23)7-15(22)12-4-3-5-13(6-12)17(18,19)20/h3-6,14-15,23H,7-9H2,1-2H3/t14-,15+/m0/s1. The van der Waals surface area contributed by atoms with Gasteiger partial charge in [0, 0.05) is 12.6 Å². The molecule has 24 heavy (non-hydrogen) atoms. The van der Waals surface area contributed by atoms with Crippen molar-refractivity contribution in [2.75, 3.05) is 6.54 Å². The maximum Gasteiger partial charge on any atom is 0.416 e. The molecule has 0 bridgehead atoms. The highest BCUT2D eigenvalue weighted by Crippen LogP contribution is 2.36. The van der Waals surface area contributed by atoms with E-state index >= 15 is 0 Å². The van der Waals surface area contributed by atoms with Gasteiger partial charge in [0.05, 0.1) is 23.9 Å². The SMILES string of the molecule is Cc1nc(CN2C[C@@H](O)C[C@@H]2c2cccc(C(F)(F)F)c2)oc1C. The number of rotatable bonds is 3. The summed E-state index contributed by atoms with van der Waals surface area (Å²) in [6, 6.07) is 4.98. The fourth-order valence-electron chi connectivity index (χ4n) is 3.10. The minimum Gasteiger partial charge on any atom is -0.444 e. The minimum absolute atomic E-state index is 0.296. The smallest absolute Gasteiger partial charge is 0.416 e. The number of halogens is 3. The molecule has 0 amide bonds. The lowest BCUT2D eigenvalue weighted by Gasteiger charge is -2.23. The van der Waals surface area contributed by atoms with E-state index < -0.39 is 17.8 Å². The summed E-state index contributed by atoms with van der Waals surface area (Å²) in [5.41, 5.74) is 0.658. The Balaban J connectivity index is 1.85. The summed E-state index contributed by atoms with van der Waals surface area (Å²) >= 11 is 0. The highest BCUT2D eigenvalue weighted by Gasteiger charge is 2.35. The van der Waals surface area contributed by atoms with Gasteiger partial charge in [0.25, 0.3) is 0 Å². The number of oxazole rings is 1. The molecule has 1 fully saturated rings. The van der Waals surface area contributed by atoms with Gasteiger partial charge in [-0.2, -0.15) is 13.2 Å². The highest BCUT2D eigenvalue weighted by atomic mass is 19.4. The van der Waals surface area contributed by atoms with Gasteiger partial charge < -0.3 is 9.52 Å². The van der Waals surface area contributed by atoms with Gasteiger partial charge in [-0.05, 0) is 38.0 Å². The van der Waals surface area contributed by atoms with Crippen molar-refractivity contribution in [3.05, 3.63) is 52.7 Å². The summed E-state index contributed by atoms with van der Waals surface area (Å²) in [6.07, 6.45) is -4.57. The lowest BCUT2D eigenvalue weighted by Crippen LogP contribution is -2.24. The zero-order valence-corrected chi connectivity index (χ0v) is 13.5. The van der Waals surface area contributed by atoms with Crippen LogP contribution in [0.5, 0.6) is 0 Å². The lowest BCUT2D eigenvalue weighted by molar-refractivity contribution is -0.137. The third-order valence-corrected chi connectivity index (χ3v) is 4.39. The van der Waals surface area contributed by atoms with Crippen LogP contribution in [0.1, 0.15) is 40.9 Å². The average molecular weight is 340 g/mol. The van der Waals surface area contributed by atoms with Crippen molar-refractivity contribution in [3.63, 3.8) is 0 Å².